The molecule has 0 unspecified atom stereocenters. The first-order chi connectivity index (χ1) is 10.8. The van der Waals surface area contributed by atoms with Gasteiger partial charge in [-0.3, -0.25) is 4.90 Å². The van der Waals surface area contributed by atoms with E-state index >= 15 is 0 Å². The third kappa shape index (κ3) is 2.80. The van der Waals surface area contributed by atoms with Gasteiger partial charge in [0, 0.05) is 6.42 Å². The van der Waals surface area contributed by atoms with Gasteiger partial charge in [0.25, 0.3) is 0 Å². The van der Waals surface area contributed by atoms with Crippen molar-refractivity contribution in [1.29, 1.82) is 0 Å². The highest BCUT2D eigenvalue weighted by Gasteiger charge is 2.36. The molecule has 3 heteroatoms. The number of nitrogens with zero attached hydrogens (tertiary/aromatic N) is 1. The van der Waals surface area contributed by atoms with Crippen LogP contribution in [0.5, 0.6) is 0 Å². The summed E-state index contributed by atoms with van der Waals surface area (Å²) >= 11 is 0. The fourth-order valence-electron chi connectivity index (χ4n) is 2.66. The van der Waals surface area contributed by atoms with Crippen molar-refractivity contribution >= 4 is 6.09 Å². The quantitative estimate of drug-likeness (QED) is 0.794. The van der Waals surface area contributed by atoms with E-state index in [0.717, 1.165) is 16.8 Å². The fourth-order valence-corrected chi connectivity index (χ4v) is 2.66. The standard InChI is InChI=1S/C19H17NO2/c1-2-17(13-15-9-5-3-6-10-15)20-18(14-22-19(20)21)16-11-7-4-8-12-16/h3-12,18H,1,13-14H2/t18-/m0/s1. The molecule has 2 aromatic carbocycles. The number of ether oxygens (including phenoxy) is 1. The van der Waals surface area contributed by atoms with Crippen molar-refractivity contribution in [2.24, 2.45) is 0 Å². The minimum atomic E-state index is -0.337. The lowest BCUT2D eigenvalue weighted by atomic mass is 10.0. The van der Waals surface area contributed by atoms with E-state index in [1.807, 2.05) is 60.7 Å². The van der Waals surface area contributed by atoms with Gasteiger partial charge >= 0.3 is 6.09 Å². The molecule has 110 valence electrons. The highest BCUT2D eigenvalue weighted by molar-refractivity contribution is 5.73. The number of amides is 1. The Bertz CT molecular complexity index is 703. The van der Waals surface area contributed by atoms with Gasteiger partial charge in [-0.2, -0.15) is 0 Å². The SMILES string of the molecule is C=C=C(Cc1ccccc1)N1C(=O)OC[C@H]1c1ccccc1. The number of cyclic esters (lactones) is 1. The summed E-state index contributed by atoms with van der Waals surface area (Å²) in [4.78, 5) is 13.8. The molecular formula is C19H17NO2. The van der Waals surface area contributed by atoms with Crippen LogP contribution in [0.25, 0.3) is 0 Å². The fraction of sp³-hybridized carbons (Fsp3) is 0.158. The summed E-state index contributed by atoms with van der Waals surface area (Å²) in [6.07, 6.45) is 0.263. The van der Waals surface area contributed by atoms with Crippen LogP contribution in [0.4, 0.5) is 4.79 Å². The van der Waals surface area contributed by atoms with E-state index in [9.17, 15) is 4.79 Å². The molecule has 1 aliphatic rings. The van der Waals surface area contributed by atoms with Gasteiger partial charge in [0.05, 0.1) is 11.7 Å². The molecule has 3 rings (SSSR count). The van der Waals surface area contributed by atoms with Gasteiger partial charge in [0.1, 0.15) is 6.61 Å². The number of allylic oxidation sites excluding steroid dienone is 1. The van der Waals surface area contributed by atoms with Gasteiger partial charge in [-0.15, -0.1) is 5.73 Å². The van der Waals surface area contributed by atoms with Gasteiger partial charge in [-0.25, -0.2) is 4.79 Å². The molecule has 0 spiro atoms. The van der Waals surface area contributed by atoms with Gasteiger partial charge < -0.3 is 4.74 Å². The number of carbonyl (C=O) groups excluding carboxylic acids is 1. The Hall–Kier alpha value is -2.77. The van der Waals surface area contributed by atoms with Gasteiger partial charge in [0.2, 0.25) is 0 Å². The highest BCUT2D eigenvalue weighted by Crippen LogP contribution is 2.32. The molecule has 0 N–H and O–H groups in total. The first kappa shape index (κ1) is 14.2. The molecule has 2 aromatic rings. The first-order valence-electron chi connectivity index (χ1n) is 7.23. The van der Waals surface area contributed by atoms with Crippen LogP contribution in [-0.4, -0.2) is 17.6 Å². The molecule has 1 fully saturated rings. The summed E-state index contributed by atoms with van der Waals surface area (Å²) < 4.78 is 5.25. The molecule has 0 bridgehead atoms. The lowest BCUT2D eigenvalue weighted by Crippen LogP contribution is -2.27. The number of benzene rings is 2. The van der Waals surface area contributed by atoms with Crippen molar-refractivity contribution in [2.45, 2.75) is 12.5 Å². The molecule has 1 heterocycles. The van der Waals surface area contributed by atoms with Crippen LogP contribution in [0.15, 0.2) is 78.7 Å². The Balaban J connectivity index is 1.89. The van der Waals surface area contributed by atoms with Crippen molar-refractivity contribution in [3.8, 4) is 0 Å². The van der Waals surface area contributed by atoms with Crippen molar-refractivity contribution in [3.05, 3.63) is 89.8 Å². The molecule has 0 saturated carbocycles. The predicted octanol–water partition coefficient (Wildman–Crippen LogP) is 4.09. The maximum atomic E-state index is 12.2. The van der Waals surface area contributed by atoms with E-state index in [2.05, 4.69) is 12.3 Å². The topological polar surface area (TPSA) is 29.5 Å². The monoisotopic (exact) mass is 291 g/mol. The number of rotatable bonds is 4. The Kier molecular flexibility index (Phi) is 4.08. The molecule has 1 atom stereocenters. The van der Waals surface area contributed by atoms with E-state index in [1.165, 1.54) is 0 Å². The lowest BCUT2D eigenvalue weighted by Gasteiger charge is -2.23. The molecular weight excluding hydrogens is 274 g/mol. The number of hydrogen-bond donors (Lipinski definition) is 0. The number of hydrogen-bond acceptors (Lipinski definition) is 2. The zero-order valence-electron chi connectivity index (χ0n) is 12.2. The summed E-state index contributed by atoms with van der Waals surface area (Å²) in [5.74, 6) is 0. The molecule has 0 aliphatic carbocycles. The molecule has 22 heavy (non-hydrogen) atoms. The minimum absolute atomic E-state index is 0.123. The third-order valence-electron chi connectivity index (χ3n) is 3.77. The minimum Gasteiger partial charge on any atom is -0.447 e. The summed E-state index contributed by atoms with van der Waals surface area (Å²) in [7, 11) is 0. The maximum Gasteiger partial charge on any atom is 0.415 e. The average Bonchev–Trinajstić information content (AvgIpc) is 2.96. The first-order valence-corrected chi connectivity index (χ1v) is 7.23. The molecule has 0 radical (unpaired) electrons. The molecule has 1 aliphatic heterocycles. The molecule has 0 aromatic heterocycles. The van der Waals surface area contributed by atoms with Gasteiger partial charge in [-0.1, -0.05) is 67.2 Å². The van der Waals surface area contributed by atoms with E-state index < -0.39 is 0 Å². The predicted molar refractivity (Wildman–Crippen MR) is 85.2 cm³/mol. The van der Waals surface area contributed by atoms with Crippen molar-refractivity contribution in [2.75, 3.05) is 6.61 Å². The Labute approximate surface area is 130 Å². The van der Waals surface area contributed by atoms with E-state index in [1.54, 1.807) is 4.90 Å². The molecule has 1 saturated heterocycles. The van der Waals surface area contributed by atoms with E-state index in [4.69, 9.17) is 4.74 Å². The normalized spacial score (nSPS) is 17.0. The second-order valence-corrected chi connectivity index (χ2v) is 5.16. The van der Waals surface area contributed by atoms with Crippen LogP contribution < -0.4 is 0 Å². The summed E-state index contributed by atoms with van der Waals surface area (Å²) in [6, 6.07) is 19.7. The van der Waals surface area contributed by atoms with Crippen molar-refractivity contribution in [3.63, 3.8) is 0 Å². The maximum absolute atomic E-state index is 12.2. The average molecular weight is 291 g/mol. The van der Waals surface area contributed by atoms with Crippen LogP contribution in [0.1, 0.15) is 17.2 Å². The van der Waals surface area contributed by atoms with Crippen LogP contribution in [0.3, 0.4) is 0 Å². The largest absolute Gasteiger partial charge is 0.447 e. The highest BCUT2D eigenvalue weighted by atomic mass is 16.6. The van der Waals surface area contributed by atoms with Crippen LogP contribution in [-0.2, 0) is 11.2 Å². The second-order valence-electron chi connectivity index (χ2n) is 5.16. The second kappa shape index (κ2) is 6.33. The molecule has 3 nitrogen and oxygen atoms in total. The van der Waals surface area contributed by atoms with E-state index in [-0.39, 0.29) is 12.1 Å². The van der Waals surface area contributed by atoms with Crippen LogP contribution in [0.2, 0.25) is 0 Å². The Morgan fingerprint density at radius 3 is 2.41 bits per heavy atom. The Morgan fingerprint density at radius 2 is 1.77 bits per heavy atom. The molecule has 1 amide bonds. The zero-order valence-corrected chi connectivity index (χ0v) is 12.2. The van der Waals surface area contributed by atoms with Crippen molar-refractivity contribution < 1.29 is 9.53 Å². The summed E-state index contributed by atoms with van der Waals surface area (Å²) in [6.45, 7) is 4.10. The number of carbonyl (C=O) groups is 1. The van der Waals surface area contributed by atoms with Gasteiger partial charge in [-0.05, 0) is 11.1 Å². The van der Waals surface area contributed by atoms with Gasteiger partial charge in [0.15, 0.2) is 0 Å². The smallest absolute Gasteiger partial charge is 0.415 e. The Morgan fingerprint density at radius 1 is 1.14 bits per heavy atom. The lowest BCUT2D eigenvalue weighted by molar-refractivity contribution is 0.164. The summed E-state index contributed by atoms with van der Waals surface area (Å²) in [5.41, 5.74) is 5.81. The summed E-state index contributed by atoms with van der Waals surface area (Å²) in [5, 5.41) is 0. The zero-order chi connectivity index (χ0) is 15.4. The third-order valence-corrected chi connectivity index (χ3v) is 3.77. The van der Waals surface area contributed by atoms with Crippen molar-refractivity contribution in [1.82, 2.24) is 4.90 Å². The van der Waals surface area contributed by atoms with Crippen LogP contribution in [0, 0.1) is 0 Å². The van der Waals surface area contributed by atoms with E-state index in [0.29, 0.717) is 13.0 Å². The van der Waals surface area contributed by atoms with Crippen LogP contribution >= 0.6 is 0 Å².